The number of aliphatic carboxylic acids is 1. The van der Waals surface area contributed by atoms with E-state index in [4.69, 9.17) is 24.1 Å². The van der Waals surface area contributed by atoms with Crippen molar-refractivity contribution in [2.24, 2.45) is 5.92 Å². The Morgan fingerprint density at radius 1 is 0.972 bits per heavy atom. The molecule has 0 aliphatic carbocycles. The number of benzene rings is 3. The number of hydrogen-bond donors (Lipinski definition) is 2. The van der Waals surface area contributed by atoms with E-state index in [0.29, 0.717) is 36.5 Å². The molecule has 1 aliphatic rings. The molecule has 0 saturated carbocycles. The summed E-state index contributed by atoms with van der Waals surface area (Å²) in [4.78, 5) is 10.8. The Balaban J connectivity index is 1.54. The lowest BCUT2D eigenvalue weighted by Crippen LogP contribution is -2.30. The Kier molecular flexibility index (Phi) is 8.60. The van der Waals surface area contributed by atoms with Gasteiger partial charge in [0, 0.05) is 17.9 Å². The van der Waals surface area contributed by atoms with Gasteiger partial charge in [-0.3, -0.25) is 4.79 Å². The third-order valence-corrected chi connectivity index (χ3v) is 5.99. The van der Waals surface area contributed by atoms with E-state index < -0.39 is 18.4 Å². The van der Waals surface area contributed by atoms with E-state index in [0.717, 1.165) is 11.3 Å². The number of aromatic hydroxyl groups is 1. The maximum absolute atomic E-state index is 10.8. The van der Waals surface area contributed by atoms with Crippen molar-refractivity contribution >= 4 is 5.97 Å². The van der Waals surface area contributed by atoms with Gasteiger partial charge < -0.3 is 29.2 Å². The average Bonchev–Trinajstić information content (AvgIpc) is 2.89. The number of carboxylic acid groups (broad SMARTS) is 1. The maximum Gasteiger partial charge on any atom is 0.303 e. The molecule has 1 aliphatic heterocycles. The van der Waals surface area contributed by atoms with Crippen molar-refractivity contribution in [3.63, 3.8) is 0 Å². The number of rotatable bonds is 10. The second kappa shape index (κ2) is 12.2. The molecule has 0 radical (unpaired) electrons. The second-order valence-electron chi connectivity index (χ2n) is 8.50. The Labute approximate surface area is 210 Å². The highest BCUT2D eigenvalue weighted by atomic mass is 16.7. The molecule has 0 bridgehead atoms. The molecule has 0 amide bonds. The number of phenolic OH excluding ortho intramolecular Hbond substituents is 1. The van der Waals surface area contributed by atoms with Crippen LogP contribution in [0.15, 0.2) is 84.9 Å². The van der Waals surface area contributed by atoms with Gasteiger partial charge in [0.25, 0.3) is 0 Å². The van der Waals surface area contributed by atoms with Crippen LogP contribution in [0.4, 0.5) is 0 Å². The molecule has 2 N–H and O–H groups in total. The minimum atomic E-state index is -0.825. The number of ether oxygens (including phenoxy) is 4. The van der Waals surface area contributed by atoms with Gasteiger partial charge in [-0.2, -0.15) is 0 Å². The third kappa shape index (κ3) is 6.44. The van der Waals surface area contributed by atoms with Crippen molar-refractivity contribution in [1.82, 2.24) is 0 Å². The quantitative estimate of drug-likeness (QED) is 0.317. The first-order chi connectivity index (χ1) is 17.5. The minimum absolute atomic E-state index is 0.0645. The molecule has 1 heterocycles. The first-order valence-electron chi connectivity index (χ1n) is 11.9. The summed E-state index contributed by atoms with van der Waals surface area (Å²) >= 11 is 0. The largest absolute Gasteiger partial charge is 0.508 e. The molecule has 0 aromatic heterocycles. The van der Waals surface area contributed by atoms with Crippen molar-refractivity contribution in [1.29, 1.82) is 0 Å². The fourth-order valence-electron chi connectivity index (χ4n) is 4.13. The summed E-state index contributed by atoms with van der Waals surface area (Å²) in [5.41, 5.74) is 1.42. The van der Waals surface area contributed by atoms with Gasteiger partial charge in [0.05, 0.1) is 25.4 Å². The molecular weight excluding hydrogens is 460 g/mol. The molecule has 0 spiro atoms. The smallest absolute Gasteiger partial charge is 0.303 e. The van der Waals surface area contributed by atoms with Gasteiger partial charge >= 0.3 is 5.97 Å². The summed E-state index contributed by atoms with van der Waals surface area (Å²) in [7, 11) is 1.61. The van der Waals surface area contributed by atoms with Gasteiger partial charge in [-0.1, -0.05) is 48.6 Å². The van der Waals surface area contributed by atoms with Gasteiger partial charge in [-0.25, -0.2) is 0 Å². The molecule has 188 valence electrons. The summed E-state index contributed by atoms with van der Waals surface area (Å²) in [6, 6.07) is 22.0. The summed E-state index contributed by atoms with van der Waals surface area (Å²) in [5.74, 6) is 1.27. The van der Waals surface area contributed by atoms with E-state index >= 15 is 0 Å². The summed E-state index contributed by atoms with van der Waals surface area (Å²) in [6.45, 7) is 0.393. The van der Waals surface area contributed by atoms with E-state index in [1.807, 2.05) is 72.8 Å². The zero-order valence-corrected chi connectivity index (χ0v) is 20.1. The predicted molar refractivity (Wildman–Crippen MR) is 134 cm³/mol. The predicted octanol–water partition coefficient (Wildman–Crippen LogP) is 6.41. The first kappa shape index (κ1) is 25.3. The summed E-state index contributed by atoms with van der Waals surface area (Å²) in [5, 5.41) is 19.4. The summed E-state index contributed by atoms with van der Waals surface area (Å²) < 4.78 is 24.0. The number of carboxylic acids is 1. The molecule has 0 unspecified atom stereocenters. The van der Waals surface area contributed by atoms with Gasteiger partial charge in [-0.15, -0.1) is 0 Å². The molecule has 3 aromatic rings. The average molecular weight is 491 g/mol. The fourth-order valence-corrected chi connectivity index (χ4v) is 4.13. The van der Waals surface area contributed by atoms with E-state index in [9.17, 15) is 9.90 Å². The Hall–Kier alpha value is -3.81. The molecule has 4 rings (SSSR count). The molecule has 36 heavy (non-hydrogen) atoms. The maximum atomic E-state index is 10.8. The van der Waals surface area contributed by atoms with E-state index in [-0.39, 0.29) is 18.1 Å². The minimum Gasteiger partial charge on any atom is -0.508 e. The molecule has 7 heteroatoms. The molecule has 7 nitrogen and oxygen atoms in total. The lowest BCUT2D eigenvalue weighted by atomic mass is 9.91. The second-order valence-corrected chi connectivity index (χ2v) is 8.50. The van der Waals surface area contributed by atoms with Gasteiger partial charge in [0.15, 0.2) is 6.29 Å². The number of para-hydroxylation sites is 2. The van der Waals surface area contributed by atoms with Crippen molar-refractivity contribution in [2.45, 2.75) is 31.7 Å². The van der Waals surface area contributed by atoms with Crippen LogP contribution in [-0.4, -0.2) is 29.9 Å². The van der Waals surface area contributed by atoms with E-state index in [1.165, 1.54) is 0 Å². The van der Waals surface area contributed by atoms with Crippen LogP contribution < -0.4 is 9.47 Å². The SMILES string of the molecule is COc1ccc(Oc2ccccc2[C@H]2OC[C@@H](C/C=C\CCC(=O)O)[C@@H](c3ccccc3O)O2)cc1. The highest BCUT2D eigenvalue weighted by molar-refractivity contribution is 5.66. The lowest BCUT2D eigenvalue weighted by molar-refractivity contribution is -0.244. The van der Waals surface area contributed by atoms with Crippen LogP contribution >= 0.6 is 0 Å². The number of phenols is 1. The van der Waals surface area contributed by atoms with Crippen LogP contribution in [0.5, 0.6) is 23.0 Å². The zero-order valence-electron chi connectivity index (χ0n) is 20.1. The van der Waals surface area contributed by atoms with Crippen molar-refractivity contribution in [3.05, 3.63) is 96.1 Å². The van der Waals surface area contributed by atoms with E-state index in [1.54, 1.807) is 19.2 Å². The van der Waals surface area contributed by atoms with Crippen molar-refractivity contribution in [2.75, 3.05) is 13.7 Å². The topological polar surface area (TPSA) is 94.5 Å². The Morgan fingerprint density at radius 3 is 2.39 bits per heavy atom. The van der Waals surface area contributed by atoms with Gasteiger partial charge in [0.2, 0.25) is 0 Å². The lowest BCUT2D eigenvalue weighted by Gasteiger charge is -2.37. The number of carbonyl (C=O) groups is 1. The van der Waals surface area contributed by atoms with Crippen LogP contribution in [-0.2, 0) is 14.3 Å². The third-order valence-electron chi connectivity index (χ3n) is 5.99. The number of methoxy groups -OCH3 is 1. The monoisotopic (exact) mass is 490 g/mol. The Bertz CT molecular complexity index is 1170. The summed E-state index contributed by atoms with van der Waals surface area (Å²) in [6.07, 6.45) is 3.86. The molecular formula is C29H30O7. The van der Waals surface area contributed by atoms with Crippen molar-refractivity contribution < 1.29 is 34.0 Å². The van der Waals surface area contributed by atoms with Crippen LogP contribution in [0.2, 0.25) is 0 Å². The zero-order chi connectivity index (χ0) is 25.3. The normalized spacial score (nSPS) is 19.8. The van der Waals surface area contributed by atoms with Crippen LogP contribution in [0.25, 0.3) is 0 Å². The molecule has 1 fully saturated rings. The van der Waals surface area contributed by atoms with Crippen LogP contribution in [0, 0.1) is 5.92 Å². The Morgan fingerprint density at radius 2 is 1.67 bits per heavy atom. The first-order valence-corrected chi connectivity index (χ1v) is 11.9. The van der Waals surface area contributed by atoms with Crippen LogP contribution in [0.3, 0.4) is 0 Å². The fraction of sp³-hybridized carbons (Fsp3) is 0.276. The molecule has 1 saturated heterocycles. The highest BCUT2D eigenvalue weighted by Gasteiger charge is 2.35. The van der Waals surface area contributed by atoms with Crippen LogP contribution in [0.1, 0.15) is 42.8 Å². The van der Waals surface area contributed by atoms with Crippen molar-refractivity contribution in [3.8, 4) is 23.0 Å². The van der Waals surface area contributed by atoms with Gasteiger partial charge in [0.1, 0.15) is 23.0 Å². The molecule has 3 atom stereocenters. The van der Waals surface area contributed by atoms with E-state index in [2.05, 4.69) is 0 Å². The highest BCUT2D eigenvalue weighted by Crippen LogP contribution is 2.44. The molecule has 3 aromatic carbocycles. The number of allylic oxidation sites excluding steroid dienone is 2. The van der Waals surface area contributed by atoms with Gasteiger partial charge in [-0.05, 0) is 49.2 Å². The standard InChI is InChI=1S/C29H30O7/c1-33-21-15-17-22(18-16-21)35-26-13-8-6-11-24(26)29-34-19-20(9-3-2-4-14-27(31)32)28(36-29)23-10-5-7-12-25(23)30/h2-3,5-8,10-13,15-18,20,28-30H,4,9,14,19H2,1H3,(H,31,32)/b3-2-/t20-,28+,29+/m1/s1. The number of hydrogen-bond acceptors (Lipinski definition) is 6.